The van der Waals surface area contributed by atoms with Crippen LogP contribution < -0.4 is 10.6 Å². The summed E-state index contributed by atoms with van der Waals surface area (Å²) in [4.78, 5) is 7.97. The summed E-state index contributed by atoms with van der Waals surface area (Å²) in [7, 11) is 0. The van der Waals surface area contributed by atoms with Crippen molar-refractivity contribution in [2.24, 2.45) is 10.4 Å². The lowest BCUT2D eigenvalue weighted by molar-refractivity contribution is -0.140. The SMILES string of the molecule is CCNC(=NCc1nc(C(F)(F)F)cs1)NCC1(CCO)CCCCC1.I. The molecule has 1 aromatic heterocycles. The summed E-state index contributed by atoms with van der Waals surface area (Å²) in [6.45, 7) is 3.56. The molecule has 0 saturated heterocycles. The van der Waals surface area contributed by atoms with Crippen LogP contribution in [0.25, 0.3) is 0 Å². The second-order valence-electron chi connectivity index (χ2n) is 6.71. The Bertz CT molecular complexity index is 583. The fourth-order valence-corrected chi connectivity index (χ4v) is 4.05. The number of nitrogens with zero attached hydrogens (tertiary/aromatic N) is 2. The highest BCUT2D eigenvalue weighted by Crippen LogP contribution is 2.38. The van der Waals surface area contributed by atoms with E-state index in [1.807, 2.05) is 6.92 Å². The largest absolute Gasteiger partial charge is 0.434 e. The van der Waals surface area contributed by atoms with E-state index in [0.29, 0.717) is 24.1 Å². The van der Waals surface area contributed by atoms with Crippen LogP contribution in [-0.4, -0.2) is 35.7 Å². The van der Waals surface area contributed by atoms with Crippen molar-refractivity contribution in [3.63, 3.8) is 0 Å². The van der Waals surface area contributed by atoms with Gasteiger partial charge >= 0.3 is 6.18 Å². The summed E-state index contributed by atoms with van der Waals surface area (Å²) in [5.74, 6) is 0.569. The Hall–Kier alpha value is -0.620. The van der Waals surface area contributed by atoms with Crippen LogP contribution in [0.2, 0.25) is 0 Å². The molecule has 3 N–H and O–H groups in total. The number of aromatic nitrogens is 1. The minimum Gasteiger partial charge on any atom is -0.396 e. The second kappa shape index (κ2) is 11.4. The maximum atomic E-state index is 12.6. The van der Waals surface area contributed by atoms with Gasteiger partial charge in [-0.05, 0) is 31.6 Å². The lowest BCUT2D eigenvalue weighted by Crippen LogP contribution is -2.44. The molecule has 0 bridgehead atoms. The predicted octanol–water partition coefficient (Wildman–Crippen LogP) is 4.17. The summed E-state index contributed by atoms with van der Waals surface area (Å²) in [5.41, 5.74) is -0.803. The van der Waals surface area contributed by atoms with Gasteiger partial charge in [-0.1, -0.05) is 19.3 Å². The van der Waals surface area contributed by atoms with Gasteiger partial charge in [0.25, 0.3) is 0 Å². The van der Waals surface area contributed by atoms with Gasteiger partial charge < -0.3 is 15.7 Å². The van der Waals surface area contributed by atoms with Gasteiger partial charge in [0.2, 0.25) is 0 Å². The molecule has 156 valence electrons. The van der Waals surface area contributed by atoms with E-state index in [-0.39, 0.29) is 42.5 Å². The van der Waals surface area contributed by atoms with Gasteiger partial charge in [0.15, 0.2) is 11.7 Å². The van der Waals surface area contributed by atoms with E-state index < -0.39 is 11.9 Å². The van der Waals surface area contributed by atoms with Crippen molar-refractivity contribution in [2.75, 3.05) is 19.7 Å². The zero-order valence-electron chi connectivity index (χ0n) is 15.4. The van der Waals surface area contributed by atoms with E-state index in [1.165, 1.54) is 6.42 Å². The van der Waals surface area contributed by atoms with Gasteiger partial charge in [-0.25, -0.2) is 9.98 Å². The predicted molar refractivity (Wildman–Crippen MR) is 113 cm³/mol. The molecule has 1 aromatic rings. The van der Waals surface area contributed by atoms with Crippen LogP contribution in [0.1, 0.15) is 56.2 Å². The first-order chi connectivity index (χ1) is 12.4. The molecule has 5 nitrogen and oxygen atoms in total. The highest BCUT2D eigenvalue weighted by atomic mass is 127. The highest BCUT2D eigenvalue weighted by molar-refractivity contribution is 14.0. The Morgan fingerprint density at radius 2 is 2.00 bits per heavy atom. The number of halogens is 4. The Morgan fingerprint density at radius 3 is 2.56 bits per heavy atom. The molecule has 0 radical (unpaired) electrons. The number of alkyl halides is 3. The molecule has 27 heavy (non-hydrogen) atoms. The van der Waals surface area contributed by atoms with E-state index >= 15 is 0 Å². The van der Waals surface area contributed by atoms with Crippen molar-refractivity contribution < 1.29 is 18.3 Å². The maximum absolute atomic E-state index is 12.6. The zero-order chi connectivity index (χ0) is 19.0. The first kappa shape index (κ1) is 24.4. The summed E-state index contributed by atoms with van der Waals surface area (Å²) < 4.78 is 37.9. The van der Waals surface area contributed by atoms with Crippen molar-refractivity contribution in [1.82, 2.24) is 15.6 Å². The summed E-state index contributed by atoms with van der Waals surface area (Å²) in [5, 5.41) is 17.2. The van der Waals surface area contributed by atoms with Crippen molar-refractivity contribution in [3.8, 4) is 0 Å². The van der Waals surface area contributed by atoms with E-state index in [4.69, 9.17) is 0 Å². The number of hydrogen-bond donors (Lipinski definition) is 3. The molecule has 1 aliphatic carbocycles. The van der Waals surface area contributed by atoms with Crippen LogP contribution in [0.5, 0.6) is 0 Å². The van der Waals surface area contributed by atoms with Gasteiger partial charge in [-0.3, -0.25) is 0 Å². The molecule has 10 heteroatoms. The van der Waals surface area contributed by atoms with E-state index in [9.17, 15) is 18.3 Å². The quantitative estimate of drug-likeness (QED) is 0.287. The van der Waals surface area contributed by atoms with Crippen LogP contribution >= 0.6 is 35.3 Å². The molecular formula is C17H28F3IN4OS. The van der Waals surface area contributed by atoms with Crippen LogP contribution in [0.3, 0.4) is 0 Å². The minimum atomic E-state index is -4.42. The lowest BCUT2D eigenvalue weighted by atomic mass is 9.72. The summed E-state index contributed by atoms with van der Waals surface area (Å²) in [6, 6.07) is 0. The Balaban J connectivity index is 0.00000364. The van der Waals surface area contributed by atoms with Gasteiger partial charge in [-0.2, -0.15) is 13.2 Å². The summed E-state index contributed by atoms with van der Waals surface area (Å²) >= 11 is 0.963. The Kier molecular flexibility index (Phi) is 10.3. The Labute approximate surface area is 179 Å². The number of guanidine groups is 1. The number of aliphatic hydroxyl groups is 1. The first-order valence-electron chi connectivity index (χ1n) is 9.03. The third kappa shape index (κ3) is 7.72. The molecule has 0 aromatic carbocycles. The Morgan fingerprint density at radius 1 is 1.30 bits per heavy atom. The molecule has 0 atom stereocenters. The average Bonchev–Trinajstić information content (AvgIpc) is 3.08. The van der Waals surface area contributed by atoms with Crippen LogP contribution in [0, 0.1) is 5.41 Å². The first-order valence-corrected chi connectivity index (χ1v) is 9.91. The number of hydrogen-bond acceptors (Lipinski definition) is 4. The van der Waals surface area contributed by atoms with Crippen molar-refractivity contribution in [1.29, 1.82) is 0 Å². The number of aliphatic hydroxyl groups excluding tert-OH is 1. The molecule has 1 aliphatic rings. The van der Waals surface area contributed by atoms with Gasteiger partial charge in [-0.15, -0.1) is 35.3 Å². The van der Waals surface area contributed by atoms with Crippen molar-refractivity contribution >= 4 is 41.3 Å². The number of nitrogens with one attached hydrogen (secondary N) is 2. The van der Waals surface area contributed by atoms with Gasteiger partial charge in [0.1, 0.15) is 5.01 Å². The van der Waals surface area contributed by atoms with Crippen LogP contribution in [0.15, 0.2) is 10.4 Å². The molecule has 2 rings (SSSR count). The van der Waals surface area contributed by atoms with Crippen molar-refractivity contribution in [2.45, 2.75) is 58.2 Å². The normalized spacial score (nSPS) is 17.3. The van der Waals surface area contributed by atoms with Crippen LogP contribution in [0.4, 0.5) is 13.2 Å². The van der Waals surface area contributed by atoms with Crippen LogP contribution in [-0.2, 0) is 12.7 Å². The topological polar surface area (TPSA) is 69.5 Å². The monoisotopic (exact) mass is 520 g/mol. The summed E-state index contributed by atoms with van der Waals surface area (Å²) in [6.07, 6.45) is 2.03. The lowest BCUT2D eigenvalue weighted by Gasteiger charge is -2.37. The molecule has 1 heterocycles. The van der Waals surface area contributed by atoms with E-state index in [2.05, 4.69) is 20.6 Å². The van der Waals surface area contributed by atoms with E-state index in [0.717, 1.165) is 48.8 Å². The van der Waals surface area contributed by atoms with Gasteiger partial charge in [0.05, 0.1) is 6.54 Å². The fourth-order valence-electron chi connectivity index (χ4n) is 3.33. The van der Waals surface area contributed by atoms with Gasteiger partial charge in [0, 0.05) is 25.1 Å². The van der Waals surface area contributed by atoms with E-state index in [1.54, 1.807) is 0 Å². The van der Waals surface area contributed by atoms with Crippen molar-refractivity contribution in [3.05, 3.63) is 16.1 Å². The third-order valence-corrected chi connectivity index (χ3v) is 5.58. The zero-order valence-corrected chi connectivity index (χ0v) is 18.6. The number of thiazole rings is 1. The molecule has 1 saturated carbocycles. The molecule has 0 aliphatic heterocycles. The molecule has 0 unspecified atom stereocenters. The number of rotatable bonds is 7. The molecular weight excluding hydrogens is 492 g/mol. The standard InChI is InChI=1S/C17H27F3N4OS.HI/c1-2-21-15(22-10-14-24-13(11-26-14)17(18,19)20)23-12-16(8-9-25)6-4-3-5-7-16;/h11,25H,2-10,12H2,1H3,(H2,21,22,23);1H. The third-order valence-electron chi connectivity index (χ3n) is 4.75. The fraction of sp³-hybridized carbons (Fsp3) is 0.765. The maximum Gasteiger partial charge on any atom is 0.434 e. The highest BCUT2D eigenvalue weighted by Gasteiger charge is 2.34. The molecule has 0 spiro atoms. The molecule has 0 amide bonds. The number of aliphatic imine (C=N–C) groups is 1. The second-order valence-corrected chi connectivity index (χ2v) is 7.65. The smallest absolute Gasteiger partial charge is 0.396 e. The average molecular weight is 520 g/mol. The molecule has 1 fully saturated rings. The minimum absolute atomic E-state index is 0.